The van der Waals surface area contributed by atoms with Crippen LogP contribution in [-0.4, -0.2) is 58.5 Å². The summed E-state index contributed by atoms with van der Waals surface area (Å²) < 4.78 is 0. The number of carboxylic acid groups (broad SMARTS) is 1. The van der Waals surface area contributed by atoms with Crippen LogP contribution in [0.5, 0.6) is 0 Å². The molecule has 1 aliphatic carbocycles. The SMILES string of the molecule is CC1CN2CCCCC2CN1C(=O)C1(C(=O)O)CC1. The normalized spacial score (nSPS) is 33.6. The number of hydrogen-bond acceptors (Lipinski definition) is 3. The Balaban J connectivity index is 1.74. The molecule has 1 saturated carbocycles. The third-order valence-electron chi connectivity index (χ3n) is 5.02. The highest BCUT2D eigenvalue weighted by Gasteiger charge is 2.59. The maximum absolute atomic E-state index is 12.5. The first-order chi connectivity index (χ1) is 9.04. The van der Waals surface area contributed by atoms with Crippen molar-refractivity contribution in [3.8, 4) is 0 Å². The van der Waals surface area contributed by atoms with Crippen molar-refractivity contribution in [2.75, 3.05) is 19.6 Å². The number of carbonyl (C=O) groups is 2. The van der Waals surface area contributed by atoms with Gasteiger partial charge in [0.25, 0.3) is 0 Å². The highest BCUT2D eigenvalue weighted by atomic mass is 16.4. The van der Waals surface area contributed by atoms with Crippen molar-refractivity contribution in [3.63, 3.8) is 0 Å². The van der Waals surface area contributed by atoms with Gasteiger partial charge in [-0.05, 0) is 39.2 Å². The zero-order valence-corrected chi connectivity index (χ0v) is 11.5. The number of nitrogens with zero attached hydrogens (tertiary/aromatic N) is 2. The van der Waals surface area contributed by atoms with Crippen LogP contribution in [0, 0.1) is 5.41 Å². The van der Waals surface area contributed by atoms with Crippen molar-refractivity contribution in [3.05, 3.63) is 0 Å². The van der Waals surface area contributed by atoms with E-state index >= 15 is 0 Å². The Hall–Kier alpha value is -1.10. The molecule has 0 aromatic heterocycles. The number of piperazine rings is 1. The predicted octanol–water partition coefficient (Wildman–Crippen LogP) is 0.936. The van der Waals surface area contributed by atoms with Crippen LogP contribution >= 0.6 is 0 Å². The first-order valence-electron chi connectivity index (χ1n) is 7.33. The number of aliphatic carboxylic acids is 1. The summed E-state index contributed by atoms with van der Waals surface area (Å²) in [5.74, 6) is -1.08. The number of amides is 1. The summed E-state index contributed by atoms with van der Waals surface area (Å²) in [5.41, 5.74) is -1.08. The Kier molecular flexibility index (Phi) is 3.04. The quantitative estimate of drug-likeness (QED) is 0.756. The van der Waals surface area contributed by atoms with Gasteiger partial charge in [-0.15, -0.1) is 0 Å². The molecule has 2 unspecified atom stereocenters. The predicted molar refractivity (Wildman–Crippen MR) is 69.7 cm³/mol. The highest BCUT2D eigenvalue weighted by Crippen LogP contribution is 2.48. The molecule has 0 radical (unpaired) electrons. The molecular weight excluding hydrogens is 244 g/mol. The second-order valence-electron chi connectivity index (χ2n) is 6.34. The maximum atomic E-state index is 12.5. The van der Waals surface area contributed by atoms with Crippen LogP contribution in [0.4, 0.5) is 0 Å². The third-order valence-corrected chi connectivity index (χ3v) is 5.02. The van der Waals surface area contributed by atoms with Crippen LogP contribution in [0.15, 0.2) is 0 Å². The standard InChI is InChI=1S/C14H22N2O3/c1-10-8-15-7-3-2-4-11(15)9-16(10)12(17)14(5-6-14)13(18)19/h10-11H,2-9H2,1H3,(H,18,19). The summed E-state index contributed by atoms with van der Waals surface area (Å²) in [4.78, 5) is 28.1. The van der Waals surface area contributed by atoms with Crippen molar-refractivity contribution in [1.29, 1.82) is 0 Å². The van der Waals surface area contributed by atoms with Gasteiger partial charge in [0.15, 0.2) is 0 Å². The fourth-order valence-electron chi connectivity index (χ4n) is 3.55. The van der Waals surface area contributed by atoms with Gasteiger partial charge in [0.05, 0.1) is 0 Å². The lowest BCUT2D eigenvalue weighted by molar-refractivity contribution is -0.157. The van der Waals surface area contributed by atoms with E-state index in [2.05, 4.69) is 4.90 Å². The van der Waals surface area contributed by atoms with Gasteiger partial charge in [0.1, 0.15) is 5.41 Å². The minimum absolute atomic E-state index is 0.138. The first-order valence-corrected chi connectivity index (χ1v) is 7.33. The molecule has 5 heteroatoms. The maximum Gasteiger partial charge on any atom is 0.319 e. The molecule has 19 heavy (non-hydrogen) atoms. The topological polar surface area (TPSA) is 60.9 Å². The molecule has 0 bridgehead atoms. The Labute approximate surface area is 113 Å². The molecule has 2 heterocycles. The van der Waals surface area contributed by atoms with E-state index in [0.717, 1.165) is 26.1 Å². The minimum atomic E-state index is -1.08. The number of rotatable bonds is 2. The first kappa shape index (κ1) is 12.9. The summed E-state index contributed by atoms with van der Waals surface area (Å²) in [6.07, 6.45) is 4.63. The number of piperidine rings is 1. The smallest absolute Gasteiger partial charge is 0.319 e. The fraction of sp³-hybridized carbons (Fsp3) is 0.857. The molecule has 0 aromatic rings. The lowest BCUT2D eigenvalue weighted by atomic mass is 9.95. The van der Waals surface area contributed by atoms with Gasteiger partial charge in [-0.3, -0.25) is 14.5 Å². The van der Waals surface area contributed by atoms with E-state index in [-0.39, 0.29) is 11.9 Å². The summed E-state index contributed by atoms with van der Waals surface area (Å²) in [6, 6.07) is 0.581. The summed E-state index contributed by atoms with van der Waals surface area (Å²) in [6.45, 7) is 4.78. The van der Waals surface area contributed by atoms with Crippen molar-refractivity contribution in [2.24, 2.45) is 5.41 Å². The fourth-order valence-corrected chi connectivity index (χ4v) is 3.55. The summed E-state index contributed by atoms with van der Waals surface area (Å²) in [5, 5.41) is 9.27. The zero-order chi connectivity index (χ0) is 13.6. The second kappa shape index (κ2) is 4.47. The lowest BCUT2D eigenvalue weighted by Gasteiger charge is -2.48. The Bertz CT molecular complexity index is 405. The van der Waals surface area contributed by atoms with Gasteiger partial charge in [-0.2, -0.15) is 0 Å². The van der Waals surface area contributed by atoms with E-state index in [1.54, 1.807) is 0 Å². The molecular formula is C14H22N2O3. The largest absolute Gasteiger partial charge is 0.480 e. The number of fused-ring (bicyclic) bond motifs is 1. The van der Waals surface area contributed by atoms with E-state index in [4.69, 9.17) is 0 Å². The summed E-state index contributed by atoms with van der Waals surface area (Å²) in [7, 11) is 0. The van der Waals surface area contributed by atoms with E-state index in [0.29, 0.717) is 18.9 Å². The van der Waals surface area contributed by atoms with Crippen LogP contribution in [0.1, 0.15) is 39.0 Å². The Morgan fingerprint density at radius 3 is 2.58 bits per heavy atom. The molecule has 2 saturated heterocycles. The highest BCUT2D eigenvalue weighted by molar-refractivity contribution is 6.05. The zero-order valence-electron chi connectivity index (χ0n) is 11.5. The Morgan fingerprint density at radius 2 is 1.95 bits per heavy atom. The molecule has 2 atom stereocenters. The average Bonchev–Trinajstić information content (AvgIpc) is 3.18. The minimum Gasteiger partial charge on any atom is -0.480 e. The molecule has 0 spiro atoms. The molecule has 0 aromatic carbocycles. The molecule has 5 nitrogen and oxygen atoms in total. The molecule has 2 aliphatic heterocycles. The van der Waals surface area contributed by atoms with Crippen LogP contribution in [0.2, 0.25) is 0 Å². The van der Waals surface area contributed by atoms with Gasteiger partial charge in [-0.25, -0.2) is 0 Å². The molecule has 1 amide bonds. The van der Waals surface area contributed by atoms with Gasteiger partial charge in [-0.1, -0.05) is 6.42 Å². The van der Waals surface area contributed by atoms with Crippen molar-refractivity contribution in [1.82, 2.24) is 9.80 Å². The van der Waals surface area contributed by atoms with Gasteiger partial charge in [0.2, 0.25) is 5.91 Å². The van der Waals surface area contributed by atoms with Gasteiger partial charge in [0, 0.05) is 25.2 Å². The number of hydrogen-bond donors (Lipinski definition) is 1. The molecule has 3 rings (SSSR count). The van der Waals surface area contributed by atoms with Gasteiger partial charge < -0.3 is 10.0 Å². The van der Waals surface area contributed by atoms with E-state index in [1.165, 1.54) is 12.8 Å². The molecule has 3 aliphatic rings. The van der Waals surface area contributed by atoms with Crippen LogP contribution in [0.25, 0.3) is 0 Å². The van der Waals surface area contributed by atoms with Crippen LogP contribution < -0.4 is 0 Å². The van der Waals surface area contributed by atoms with Crippen molar-refractivity contribution < 1.29 is 14.7 Å². The third kappa shape index (κ3) is 2.04. The average molecular weight is 266 g/mol. The second-order valence-corrected chi connectivity index (χ2v) is 6.34. The van der Waals surface area contributed by atoms with E-state index in [1.807, 2.05) is 11.8 Å². The van der Waals surface area contributed by atoms with Gasteiger partial charge >= 0.3 is 5.97 Å². The van der Waals surface area contributed by atoms with Crippen LogP contribution in [-0.2, 0) is 9.59 Å². The lowest BCUT2D eigenvalue weighted by Crippen LogP contribution is -2.61. The van der Waals surface area contributed by atoms with E-state index in [9.17, 15) is 14.7 Å². The van der Waals surface area contributed by atoms with E-state index < -0.39 is 11.4 Å². The number of carboxylic acids is 1. The molecule has 106 valence electrons. The van der Waals surface area contributed by atoms with Crippen molar-refractivity contribution >= 4 is 11.9 Å². The number of carbonyl (C=O) groups excluding carboxylic acids is 1. The Morgan fingerprint density at radius 1 is 1.21 bits per heavy atom. The van der Waals surface area contributed by atoms with Crippen molar-refractivity contribution in [2.45, 2.75) is 51.1 Å². The molecule has 3 fully saturated rings. The molecule has 1 N–H and O–H groups in total. The summed E-state index contributed by atoms with van der Waals surface area (Å²) >= 11 is 0. The monoisotopic (exact) mass is 266 g/mol. The van der Waals surface area contributed by atoms with Crippen LogP contribution in [0.3, 0.4) is 0 Å².